The molecule has 0 unspecified atom stereocenters. The summed E-state index contributed by atoms with van der Waals surface area (Å²) in [6.45, 7) is 20.3. The van der Waals surface area contributed by atoms with Gasteiger partial charge in [0, 0.05) is 46.0 Å². The molecule has 0 saturated carbocycles. The minimum Gasteiger partial charge on any atom is -0.338 e. The van der Waals surface area contributed by atoms with E-state index in [9.17, 15) is 19.2 Å². The second-order valence-electron chi connectivity index (χ2n) is 22.1. The third kappa shape index (κ3) is 25.6. The van der Waals surface area contributed by atoms with Crippen LogP contribution in [-0.2, 0) is 22.2 Å². The van der Waals surface area contributed by atoms with Crippen LogP contribution in [0, 0.1) is 5.41 Å². The Bertz CT molecular complexity index is 1790. The highest BCUT2D eigenvalue weighted by Crippen LogP contribution is 2.28. The SMILES string of the molecule is CN(C)CCCNC(=O)NC(C)(C)c1cccc(C(C)(C)NC(=O)N(C)CCCCCCCC(=N)CCCCCCCN(C)C(=O)NC(C)(C)c2cccc(C(C)(C)NC(=O)NCCCN(C)C)c2)c1.Cl. The number of halogens is 1. The van der Waals surface area contributed by atoms with Crippen LogP contribution in [0.5, 0.6) is 0 Å². The number of rotatable bonds is 32. The normalized spacial score (nSPS) is 11.9. The lowest BCUT2D eigenvalue weighted by Gasteiger charge is -2.32. The number of unbranched alkanes of at least 4 members (excludes halogenated alkanes) is 8. The van der Waals surface area contributed by atoms with Crippen LogP contribution in [-0.4, -0.2) is 131 Å². The maximum absolute atomic E-state index is 13.2. The summed E-state index contributed by atoms with van der Waals surface area (Å²) in [7, 11) is 11.8. The quantitative estimate of drug-likeness (QED) is 0.0283. The van der Waals surface area contributed by atoms with Gasteiger partial charge in [-0.2, -0.15) is 0 Å². The second kappa shape index (κ2) is 31.8. The zero-order chi connectivity index (χ0) is 52.5. The van der Waals surface area contributed by atoms with Crippen molar-refractivity contribution in [1.82, 2.24) is 51.5 Å². The summed E-state index contributed by atoms with van der Waals surface area (Å²) in [5.74, 6) is 0. The molecule has 0 atom stereocenters. The van der Waals surface area contributed by atoms with E-state index in [1.54, 1.807) is 9.80 Å². The van der Waals surface area contributed by atoms with Crippen molar-refractivity contribution in [1.29, 1.82) is 5.41 Å². The smallest absolute Gasteiger partial charge is 0.317 e. The van der Waals surface area contributed by atoms with Gasteiger partial charge in [-0.05, 0) is 170 Å². The Morgan fingerprint density at radius 2 is 0.732 bits per heavy atom. The molecule has 0 heterocycles. The number of nitrogens with zero attached hydrogens (tertiary/aromatic N) is 4. The molecule has 7 N–H and O–H groups in total. The molecule has 0 fully saturated rings. The van der Waals surface area contributed by atoms with Gasteiger partial charge in [0.2, 0.25) is 0 Å². The van der Waals surface area contributed by atoms with Gasteiger partial charge in [0.1, 0.15) is 0 Å². The van der Waals surface area contributed by atoms with E-state index >= 15 is 0 Å². The van der Waals surface area contributed by atoms with Crippen molar-refractivity contribution in [2.75, 3.05) is 81.6 Å². The van der Waals surface area contributed by atoms with E-state index in [2.05, 4.69) is 53.8 Å². The van der Waals surface area contributed by atoms with Crippen LogP contribution in [0.4, 0.5) is 19.2 Å². The predicted molar refractivity (Wildman–Crippen MR) is 297 cm³/mol. The fourth-order valence-electron chi connectivity index (χ4n) is 8.22. The first-order valence-electron chi connectivity index (χ1n) is 26.0. The number of carbonyl (C=O) groups is 4. The highest BCUT2D eigenvalue weighted by atomic mass is 35.5. The van der Waals surface area contributed by atoms with Gasteiger partial charge in [-0.25, -0.2) is 19.2 Å². The Balaban J connectivity index is 0.0000252. The van der Waals surface area contributed by atoms with E-state index in [1.807, 2.05) is 134 Å². The van der Waals surface area contributed by atoms with Crippen LogP contribution >= 0.6 is 12.4 Å². The lowest BCUT2D eigenvalue weighted by atomic mass is 9.87. The van der Waals surface area contributed by atoms with Gasteiger partial charge >= 0.3 is 24.1 Å². The zero-order valence-electron chi connectivity index (χ0n) is 46.6. The first kappa shape index (κ1) is 64.4. The summed E-state index contributed by atoms with van der Waals surface area (Å²) in [4.78, 5) is 59.5. The number of amides is 8. The van der Waals surface area contributed by atoms with E-state index in [1.165, 1.54) is 0 Å². The van der Waals surface area contributed by atoms with E-state index < -0.39 is 22.2 Å². The van der Waals surface area contributed by atoms with Gasteiger partial charge in [-0.3, -0.25) is 0 Å². The Kier molecular flexibility index (Phi) is 28.8. The minimum atomic E-state index is -0.618. The molecule has 404 valence electrons. The lowest BCUT2D eigenvalue weighted by Crippen LogP contribution is -2.48. The number of benzene rings is 2. The molecule has 2 aromatic carbocycles. The largest absolute Gasteiger partial charge is 0.338 e. The molecule has 0 bridgehead atoms. The average Bonchev–Trinajstić information content (AvgIpc) is 3.27. The second-order valence-corrected chi connectivity index (χ2v) is 22.1. The molecule has 0 radical (unpaired) electrons. The number of hydrogen-bond donors (Lipinski definition) is 7. The molecule has 0 aliphatic rings. The third-order valence-electron chi connectivity index (χ3n) is 13.1. The number of nitrogens with one attached hydrogen (secondary N) is 7. The Labute approximate surface area is 436 Å². The summed E-state index contributed by atoms with van der Waals surface area (Å²) in [5, 5.41) is 27.0. The van der Waals surface area contributed by atoms with Gasteiger partial charge in [0.15, 0.2) is 0 Å². The van der Waals surface area contributed by atoms with Crippen molar-refractivity contribution in [3.05, 3.63) is 70.8 Å². The van der Waals surface area contributed by atoms with Crippen molar-refractivity contribution in [2.24, 2.45) is 0 Å². The lowest BCUT2D eigenvalue weighted by molar-refractivity contribution is 0.195. The molecule has 0 aliphatic carbocycles. The number of carbonyl (C=O) groups excluding carboxylic acids is 4. The molecule has 0 spiro atoms. The molecule has 2 rings (SSSR count). The van der Waals surface area contributed by atoms with E-state index in [0.29, 0.717) is 26.2 Å². The van der Waals surface area contributed by atoms with Gasteiger partial charge < -0.3 is 56.9 Å². The summed E-state index contributed by atoms with van der Waals surface area (Å²) >= 11 is 0. The van der Waals surface area contributed by atoms with E-state index in [-0.39, 0.29) is 36.5 Å². The predicted octanol–water partition coefficient (Wildman–Crippen LogP) is 10.2. The van der Waals surface area contributed by atoms with Gasteiger partial charge in [0.05, 0.1) is 22.2 Å². The highest BCUT2D eigenvalue weighted by molar-refractivity contribution is 5.85. The standard InChI is InChI=1S/C55H97N11O4.ClH/c1-52(2,59-48(67)57-35-27-37-63(9)10)43-29-25-31-45(41-43)54(5,6)61-50(69)65(13)39-23-19-15-17-21-33-47(56)34-22-18-16-20-24-40-66(14)51(70)62-55(7,8)46-32-26-30-44(42-46)53(3,4)60-49(68)58-36-28-38-64(11)12;/h25-26,29-32,41-42,56H,15-24,27-28,33-40H2,1-14H3,(H,61,69)(H,62,70)(H2,57,59,67)(H2,58,60,68);1H. The molecule has 0 saturated heterocycles. The van der Waals surface area contributed by atoms with Crippen LogP contribution < -0.4 is 31.9 Å². The molecule has 2 aromatic rings. The Morgan fingerprint density at radius 3 is 1.06 bits per heavy atom. The number of urea groups is 4. The van der Waals surface area contributed by atoms with E-state index in [0.717, 1.165) is 131 Å². The van der Waals surface area contributed by atoms with Gasteiger partial charge in [0.25, 0.3) is 0 Å². The van der Waals surface area contributed by atoms with Gasteiger partial charge in [-0.1, -0.05) is 87.1 Å². The molecule has 8 amide bonds. The molecular formula is C55H98ClN11O4. The molecule has 0 aromatic heterocycles. The third-order valence-corrected chi connectivity index (χ3v) is 13.1. The number of hydrogen-bond acceptors (Lipinski definition) is 7. The van der Waals surface area contributed by atoms with Crippen LogP contribution in [0.15, 0.2) is 48.5 Å². The maximum Gasteiger partial charge on any atom is 0.317 e. The average molecular weight is 1010 g/mol. The molecular weight excluding hydrogens is 914 g/mol. The minimum absolute atomic E-state index is 0. The Hall–Kier alpha value is -4.60. The van der Waals surface area contributed by atoms with Crippen molar-refractivity contribution >= 4 is 42.2 Å². The summed E-state index contributed by atoms with van der Waals surface area (Å²) in [6.07, 6.45) is 13.8. The van der Waals surface area contributed by atoms with Crippen molar-refractivity contribution in [2.45, 2.75) is 167 Å². The zero-order valence-corrected chi connectivity index (χ0v) is 47.4. The first-order chi connectivity index (χ1) is 32.8. The van der Waals surface area contributed by atoms with Crippen LogP contribution in [0.3, 0.4) is 0 Å². The fourth-order valence-corrected chi connectivity index (χ4v) is 8.22. The molecule has 71 heavy (non-hydrogen) atoms. The van der Waals surface area contributed by atoms with E-state index in [4.69, 9.17) is 5.41 Å². The highest BCUT2D eigenvalue weighted by Gasteiger charge is 2.30. The topological polar surface area (TPSA) is 177 Å². The maximum atomic E-state index is 13.2. The monoisotopic (exact) mass is 1010 g/mol. The summed E-state index contributed by atoms with van der Waals surface area (Å²) in [5.41, 5.74) is 2.23. The molecule has 16 heteroatoms. The van der Waals surface area contributed by atoms with Crippen LogP contribution in [0.1, 0.15) is 168 Å². The fraction of sp³-hybridized carbons (Fsp3) is 0.691. The summed E-state index contributed by atoms with van der Waals surface area (Å²) < 4.78 is 0. The van der Waals surface area contributed by atoms with Crippen LogP contribution in [0.2, 0.25) is 0 Å². The summed E-state index contributed by atoms with van der Waals surface area (Å²) in [6, 6.07) is 15.5. The van der Waals surface area contributed by atoms with Crippen molar-refractivity contribution in [3.63, 3.8) is 0 Å². The Morgan fingerprint density at radius 1 is 0.437 bits per heavy atom. The molecule has 0 aliphatic heterocycles. The van der Waals surface area contributed by atoms with Crippen LogP contribution in [0.25, 0.3) is 0 Å². The first-order valence-corrected chi connectivity index (χ1v) is 26.0. The van der Waals surface area contributed by atoms with Crippen molar-refractivity contribution < 1.29 is 19.2 Å². The molecule has 15 nitrogen and oxygen atoms in total. The van der Waals surface area contributed by atoms with Crippen molar-refractivity contribution in [3.8, 4) is 0 Å². The van der Waals surface area contributed by atoms with Gasteiger partial charge in [-0.15, -0.1) is 12.4 Å².